The van der Waals surface area contributed by atoms with Crippen molar-refractivity contribution in [2.75, 3.05) is 13.7 Å². The van der Waals surface area contributed by atoms with E-state index in [0.29, 0.717) is 5.56 Å². The van der Waals surface area contributed by atoms with Gasteiger partial charge >= 0.3 is 6.18 Å². The van der Waals surface area contributed by atoms with Gasteiger partial charge in [0.05, 0.1) is 19.2 Å². The van der Waals surface area contributed by atoms with E-state index in [2.05, 4.69) is 10.1 Å². The molecule has 0 unspecified atom stereocenters. The highest BCUT2D eigenvalue weighted by atomic mass is 19.4. The van der Waals surface area contributed by atoms with Crippen LogP contribution in [0, 0.1) is 11.3 Å². The van der Waals surface area contributed by atoms with Crippen molar-refractivity contribution in [3.8, 4) is 17.8 Å². The number of nitrogens with zero attached hydrogens (tertiary/aromatic N) is 4. The molecule has 0 fully saturated rings. The maximum absolute atomic E-state index is 12.6. The van der Waals surface area contributed by atoms with Crippen LogP contribution >= 0.6 is 0 Å². The Morgan fingerprint density at radius 1 is 1.36 bits per heavy atom. The van der Waals surface area contributed by atoms with E-state index >= 15 is 0 Å². The summed E-state index contributed by atoms with van der Waals surface area (Å²) in [5, 5.41) is 12.1. The molecule has 0 aliphatic heterocycles. The third-order valence-corrected chi connectivity index (χ3v) is 2.66. The molecule has 116 valence electrons. The predicted molar refractivity (Wildman–Crippen MR) is 68.2 cm³/mol. The average Bonchev–Trinajstić information content (AvgIpc) is 2.91. The molecule has 0 atom stereocenters. The number of ether oxygens (including phenoxy) is 2. The molecule has 0 radical (unpaired) electrons. The van der Waals surface area contributed by atoms with E-state index in [4.69, 9.17) is 14.7 Å². The smallest absolute Gasteiger partial charge is 0.435 e. The molecule has 0 amide bonds. The fourth-order valence-corrected chi connectivity index (χ4v) is 1.63. The first kappa shape index (κ1) is 15.6. The monoisotopic (exact) mass is 312 g/mol. The lowest BCUT2D eigenvalue weighted by Gasteiger charge is -2.07. The van der Waals surface area contributed by atoms with Crippen LogP contribution in [-0.4, -0.2) is 28.5 Å². The molecule has 9 heteroatoms. The molecular formula is C13H11F3N4O2. The van der Waals surface area contributed by atoms with Crippen LogP contribution in [0.3, 0.4) is 0 Å². The van der Waals surface area contributed by atoms with Crippen LogP contribution in [0.15, 0.2) is 24.4 Å². The molecule has 0 aliphatic carbocycles. The molecule has 2 aromatic heterocycles. The van der Waals surface area contributed by atoms with E-state index in [0.717, 1.165) is 10.7 Å². The number of hydrogen-bond acceptors (Lipinski definition) is 5. The van der Waals surface area contributed by atoms with Crippen LogP contribution in [0.5, 0.6) is 11.8 Å². The summed E-state index contributed by atoms with van der Waals surface area (Å²) in [5.41, 5.74) is -0.642. The number of pyridine rings is 1. The van der Waals surface area contributed by atoms with E-state index in [1.165, 1.54) is 25.4 Å². The summed E-state index contributed by atoms with van der Waals surface area (Å²) in [6.45, 7) is 0.106. The normalized spacial score (nSPS) is 11.0. The fourth-order valence-electron chi connectivity index (χ4n) is 1.63. The van der Waals surface area contributed by atoms with Gasteiger partial charge in [-0.1, -0.05) is 0 Å². The van der Waals surface area contributed by atoms with Crippen molar-refractivity contribution in [2.45, 2.75) is 12.7 Å². The number of rotatable bonds is 5. The molecule has 22 heavy (non-hydrogen) atoms. The minimum atomic E-state index is -4.53. The lowest BCUT2D eigenvalue weighted by Crippen LogP contribution is -2.13. The van der Waals surface area contributed by atoms with Gasteiger partial charge in [0.25, 0.3) is 0 Å². The highest BCUT2D eigenvalue weighted by Gasteiger charge is 2.35. The number of nitriles is 1. The Morgan fingerprint density at radius 2 is 2.14 bits per heavy atom. The first-order valence-electron chi connectivity index (χ1n) is 6.12. The van der Waals surface area contributed by atoms with Gasteiger partial charge < -0.3 is 9.47 Å². The average molecular weight is 312 g/mol. The molecule has 0 aromatic carbocycles. The van der Waals surface area contributed by atoms with Crippen molar-refractivity contribution in [2.24, 2.45) is 0 Å². The minimum absolute atomic E-state index is 0.0105. The molecule has 0 bridgehead atoms. The van der Waals surface area contributed by atoms with E-state index in [1.54, 1.807) is 0 Å². The number of halogens is 3. The summed E-state index contributed by atoms with van der Waals surface area (Å²) in [4.78, 5) is 3.88. The van der Waals surface area contributed by atoms with E-state index in [9.17, 15) is 13.2 Å². The third kappa shape index (κ3) is 3.66. The minimum Gasteiger partial charge on any atom is -0.481 e. The number of alkyl halides is 3. The number of methoxy groups -OCH3 is 1. The Bertz CT molecular complexity index is 674. The quantitative estimate of drug-likeness (QED) is 0.846. The standard InChI is InChI=1S/C13H11F3N4O2/c1-21-12-6-10(13(14,15)16)19-20(12)4-5-22-11-3-2-9(7-17)8-18-11/h2-3,6,8H,4-5H2,1H3. The molecule has 0 N–H and O–H groups in total. The number of aromatic nitrogens is 3. The Kier molecular flexibility index (Phi) is 4.50. The van der Waals surface area contributed by atoms with Gasteiger partial charge in [-0.3, -0.25) is 0 Å². The highest BCUT2D eigenvalue weighted by Crippen LogP contribution is 2.30. The van der Waals surface area contributed by atoms with Gasteiger partial charge in [0.1, 0.15) is 12.7 Å². The maximum Gasteiger partial charge on any atom is 0.435 e. The van der Waals surface area contributed by atoms with Crippen molar-refractivity contribution in [1.82, 2.24) is 14.8 Å². The first-order valence-corrected chi connectivity index (χ1v) is 6.12. The lowest BCUT2D eigenvalue weighted by atomic mass is 10.3. The summed E-state index contributed by atoms with van der Waals surface area (Å²) in [5.74, 6) is 0.255. The second-order valence-electron chi connectivity index (χ2n) is 4.14. The zero-order valence-corrected chi connectivity index (χ0v) is 11.5. The largest absolute Gasteiger partial charge is 0.481 e. The van der Waals surface area contributed by atoms with Crippen LogP contribution in [0.2, 0.25) is 0 Å². The SMILES string of the molecule is COc1cc(C(F)(F)F)nn1CCOc1ccc(C#N)cn1. The Morgan fingerprint density at radius 3 is 2.68 bits per heavy atom. The van der Waals surface area contributed by atoms with Crippen LogP contribution in [0.1, 0.15) is 11.3 Å². The van der Waals surface area contributed by atoms with Gasteiger partial charge in [-0.2, -0.15) is 23.5 Å². The Labute approximate surface area is 123 Å². The van der Waals surface area contributed by atoms with Crippen molar-refractivity contribution in [1.29, 1.82) is 5.26 Å². The van der Waals surface area contributed by atoms with Crippen LogP contribution < -0.4 is 9.47 Å². The van der Waals surface area contributed by atoms with Crippen LogP contribution in [-0.2, 0) is 12.7 Å². The Hall–Kier alpha value is -2.76. The Balaban J connectivity index is 1.99. The lowest BCUT2D eigenvalue weighted by molar-refractivity contribution is -0.141. The number of hydrogen-bond donors (Lipinski definition) is 0. The summed E-state index contributed by atoms with van der Waals surface area (Å²) in [7, 11) is 1.26. The van der Waals surface area contributed by atoms with Crippen molar-refractivity contribution in [3.63, 3.8) is 0 Å². The second kappa shape index (κ2) is 6.34. The van der Waals surface area contributed by atoms with E-state index < -0.39 is 11.9 Å². The predicted octanol–water partition coefficient (Wildman–Crippen LogP) is 2.26. The topological polar surface area (TPSA) is 73.0 Å². The molecule has 0 saturated carbocycles. The summed E-state index contributed by atoms with van der Waals surface area (Å²) in [6, 6.07) is 5.76. The second-order valence-corrected chi connectivity index (χ2v) is 4.14. The van der Waals surface area contributed by atoms with E-state index in [1.807, 2.05) is 6.07 Å². The highest BCUT2D eigenvalue weighted by molar-refractivity contribution is 5.28. The molecule has 2 rings (SSSR count). The zero-order valence-electron chi connectivity index (χ0n) is 11.5. The molecule has 0 saturated heterocycles. The van der Waals surface area contributed by atoms with Crippen molar-refractivity contribution < 1.29 is 22.6 Å². The summed E-state index contributed by atoms with van der Waals surface area (Å²) < 4.78 is 48.9. The van der Waals surface area contributed by atoms with Gasteiger partial charge in [-0.05, 0) is 6.07 Å². The van der Waals surface area contributed by atoms with Gasteiger partial charge in [0, 0.05) is 18.3 Å². The van der Waals surface area contributed by atoms with Gasteiger partial charge in [-0.25, -0.2) is 9.67 Å². The summed E-state index contributed by atoms with van der Waals surface area (Å²) >= 11 is 0. The third-order valence-electron chi connectivity index (χ3n) is 2.66. The van der Waals surface area contributed by atoms with Crippen LogP contribution in [0.25, 0.3) is 0 Å². The molecule has 2 aromatic rings. The van der Waals surface area contributed by atoms with Crippen molar-refractivity contribution >= 4 is 0 Å². The van der Waals surface area contributed by atoms with E-state index in [-0.39, 0.29) is 24.9 Å². The molecule has 0 spiro atoms. The van der Waals surface area contributed by atoms with Crippen molar-refractivity contribution in [3.05, 3.63) is 35.7 Å². The molecule has 6 nitrogen and oxygen atoms in total. The van der Waals surface area contributed by atoms with Crippen LogP contribution in [0.4, 0.5) is 13.2 Å². The fraction of sp³-hybridized carbons (Fsp3) is 0.308. The zero-order chi connectivity index (χ0) is 16.2. The van der Waals surface area contributed by atoms with Gasteiger partial charge in [0.15, 0.2) is 5.69 Å². The molecular weight excluding hydrogens is 301 g/mol. The summed E-state index contributed by atoms with van der Waals surface area (Å²) in [6.07, 6.45) is -3.19. The molecule has 2 heterocycles. The molecule has 0 aliphatic rings. The maximum atomic E-state index is 12.6. The first-order chi connectivity index (χ1) is 10.4. The van der Waals surface area contributed by atoms with Gasteiger partial charge in [0.2, 0.25) is 11.8 Å². The van der Waals surface area contributed by atoms with Gasteiger partial charge in [-0.15, -0.1) is 0 Å².